The highest BCUT2D eigenvalue weighted by atomic mass is 16.5. The van der Waals surface area contributed by atoms with E-state index < -0.39 is 0 Å². The summed E-state index contributed by atoms with van der Waals surface area (Å²) in [6, 6.07) is 8.39. The first-order valence-electron chi connectivity index (χ1n) is 6.13. The lowest BCUT2D eigenvalue weighted by Gasteiger charge is -2.29. The van der Waals surface area contributed by atoms with Crippen molar-refractivity contribution in [2.45, 2.75) is 40.5 Å². The van der Waals surface area contributed by atoms with Gasteiger partial charge < -0.3 is 4.74 Å². The van der Waals surface area contributed by atoms with Crippen LogP contribution in [-0.4, -0.2) is 7.11 Å². The number of ether oxygens (including phenoxy) is 1. The first-order chi connectivity index (χ1) is 7.84. The van der Waals surface area contributed by atoms with E-state index in [0.717, 1.165) is 5.75 Å². The van der Waals surface area contributed by atoms with Gasteiger partial charge >= 0.3 is 0 Å². The number of hydrogen-bond donors (Lipinski definition) is 0. The van der Waals surface area contributed by atoms with E-state index in [1.54, 1.807) is 7.11 Å². The van der Waals surface area contributed by atoms with Crippen LogP contribution in [0.15, 0.2) is 35.9 Å². The molecule has 0 heterocycles. The first kappa shape index (κ1) is 13.8. The minimum atomic E-state index is 0.228. The van der Waals surface area contributed by atoms with E-state index in [4.69, 9.17) is 4.74 Å². The van der Waals surface area contributed by atoms with Crippen LogP contribution in [0.3, 0.4) is 0 Å². The molecule has 0 bridgehead atoms. The first-order valence-corrected chi connectivity index (χ1v) is 6.13. The van der Waals surface area contributed by atoms with Crippen molar-refractivity contribution in [1.82, 2.24) is 0 Å². The van der Waals surface area contributed by atoms with Gasteiger partial charge in [0.2, 0.25) is 0 Å². The lowest BCUT2D eigenvalue weighted by molar-refractivity contribution is 0.364. The van der Waals surface area contributed by atoms with E-state index in [1.807, 2.05) is 12.1 Å². The Bertz CT molecular complexity index is 375. The Labute approximate surface area is 106 Å². The molecule has 0 aromatic heterocycles. The van der Waals surface area contributed by atoms with Crippen molar-refractivity contribution in [3.8, 4) is 5.75 Å². The molecule has 1 rings (SSSR count). The second kappa shape index (κ2) is 5.39. The minimum absolute atomic E-state index is 0.228. The number of rotatable bonds is 3. The number of methoxy groups -OCH3 is 1. The quantitative estimate of drug-likeness (QED) is 0.681. The maximum atomic E-state index is 5.20. The van der Waals surface area contributed by atoms with Crippen LogP contribution in [0, 0.1) is 5.41 Å². The van der Waals surface area contributed by atoms with E-state index in [2.05, 4.69) is 52.8 Å². The molecule has 0 radical (unpaired) electrons. The molecule has 0 N–H and O–H groups in total. The Hall–Kier alpha value is -1.24. The fraction of sp³-hybridized carbons (Fsp3) is 0.500. The third-order valence-electron chi connectivity index (χ3n) is 2.91. The molecule has 0 aliphatic rings. The van der Waals surface area contributed by atoms with Gasteiger partial charge in [0.25, 0.3) is 0 Å². The Morgan fingerprint density at radius 3 is 2.00 bits per heavy atom. The molecule has 0 aliphatic heterocycles. The second-order valence-corrected chi connectivity index (χ2v) is 5.86. The van der Waals surface area contributed by atoms with Gasteiger partial charge in [-0.25, -0.2) is 0 Å². The van der Waals surface area contributed by atoms with Gasteiger partial charge in [-0.2, -0.15) is 0 Å². The third kappa shape index (κ3) is 3.92. The van der Waals surface area contributed by atoms with Gasteiger partial charge in [0.15, 0.2) is 0 Å². The molecule has 1 nitrogen and oxygen atoms in total. The average Bonchev–Trinajstić information content (AvgIpc) is 2.24. The molecular formula is C16H24O. The van der Waals surface area contributed by atoms with Crippen LogP contribution in [0.4, 0.5) is 0 Å². The molecule has 0 amide bonds. The summed E-state index contributed by atoms with van der Waals surface area (Å²) in [5, 5.41) is 0. The summed E-state index contributed by atoms with van der Waals surface area (Å²) in [5.41, 5.74) is 2.94. The van der Waals surface area contributed by atoms with Crippen molar-refractivity contribution in [2.75, 3.05) is 7.11 Å². The molecule has 0 fully saturated rings. The number of benzene rings is 1. The largest absolute Gasteiger partial charge is 0.497 e. The Morgan fingerprint density at radius 2 is 1.65 bits per heavy atom. The summed E-state index contributed by atoms with van der Waals surface area (Å²) in [4.78, 5) is 0. The monoisotopic (exact) mass is 232 g/mol. The molecule has 0 saturated heterocycles. The molecule has 0 saturated carbocycles. The molecule has 0 spiro atoms. The highest BCUT2D eigenvalue weighted by molar-refractivity contribution is 5.33. The number of allylic oxidation sites excluding steroid dienone is 2. The maximum absolute atomic E-state index is 5.20. The van der Waals surface area contributed by atoms with Crippen LogP contribution in [0.1, 0.15) is 46.1 Å². The molecule has 1 atom stereocenters. The smallest absolute Gasteiger partial charge is 0.118 e. The summed E-state index contributed by atoms with van der Waals surface area (Å²) in [7, 11) is 1.70. The van der Waals surface area contributed by atoms with E-state index in [0.29, 0.717) is 5.92 Å². The van der Waals surface area contributed by atoms with Gasteiger partial charge in [-0.3, -0.25) is 0 Å². The van der Waals surface area contributed by atoms with Crippen molar-refractivity contribution in [2.24, 2.45) is 5.41 Å². The molecular weight excluding hydrogens is 208 g/mol. The molecule has 94 valence electrons. The van der Waals surface area contributed by atoms with Gasteiger partial charge in [-0.05, 0) is 37.0 Å². The summed E-state index contributed by atoms with van der Waals surface area (Å²) in [5.74, 6) is 1.36. The van der Waals surface area contributed by atoms with Gasteiger partial charge in [0.05, 0.1) is 7.11 Å². The SMILES string of the molecule is COc1ccc(C(C=C(C)C)C(C)(C)C)cc1. The fourth-order valence-electron chi connectivity index (χ4n) is 1.99. The predicted molar refractivity (Wildman–Crippen MR) is 74.6 cm³/mol. The van der Waals surface area contributed by atoms with E-state index in [1.165, 1.54) is 11.1 Å². The standard InChI is InChI=1S/C16H24O/c1-12(2)11-15(16(3,4)5)13-7-9-14(17-6)10-8-13/h7-11,15H,1-6H3. The van der Waals surface area contributed by atoms with Gasteiger partial charge in [0, 0.05) is 5.92 Å². The molecule has 0 aliphatic carbocycles. The summed E-state index contributed by atoms with van der Waals surface area (Å²) in [6.07, 6.45) is 2.35. The second-order valence-electron chi connectivity index (χ2n) is 5.86. The van der Waals surface area contributed by atoms with Crippen LogP contribution in [0.2, 0.25) is 0 Å². The zero-order chi connectivity index (χ0) is 13.1. The summed E-state index contributed by atoms with van der Waals surface area (Å²) in [6.45, 7) is 11.1. The fourth-order valence-corrected chi connectivity index (χ4v) is 1.99. The lowest BCUT2D eigenvalue weighted by atomic mass is 9.76. The number of hydrogen-bond acceptors (Lipinski definition) is 1. The van der Waals surface area contributed by atoms with E-state index >= 15 is 0 Å². The molecule has 1 aromatic rings. The summed E-state index contributed by atoms with van der Waals surface area (Å²) >= 11 is 0. The third-order valence-corrected chi connectivity index (χ3v) is 2.91. The van der Waals surface area contributed by atoms with Gasteiger partial charge in [-0.1, -0.05) is 44.6 Å². The average molecular weight is 232 g/mol. The van der Waals surface area contributed by atoms with Crippen LogP contribution >= 0.6 is 0 Å². The van der Waals surface area contributed by atoms with Crippen LogP contribution in [0.25, 0.3) is 0 Å². The van der Waals surface area contributed by atoms with E-state index in [9.17, 15) is 0 Å². The highest BCUT2D eigenvalue weighted by Gasteiger charge is 2.24. The van der Waals surface area contributed by atoms with Gasteiger partial charge in [-0.15, -0.1) is 0 Å². The molecule has 1 aromatic carbocycles. The van der Waals surface area contributed by atoms with Crippen molar-refractivity contribution in [1.29, 1.82) is 0 Å². The Morgan fingerprint density at radius 1 is 1.12 bits per heavy atom. The van der Waals surface area contributed by atoms with Crippen LogP contribution in [0.5, 0.6) is 5.75 Å². The van der Waals surface area contributed by atoms with Crippen molar-refractivity contribution in [3.63, 3.8) is 0 Å². The lowest BCUT2D eigenvalue weighted by Crippen LogP contribution is -2.16. The topological polar surface area (TPSA) is 9.23 Å². The van der Waals surface area contributed by atoms with Gasteiger partial charge in [0.1, 0.15) is 5.75 Å². The van der Waals surface area contributed by atoms with Crippen LogP contribution < -0.4 is 4.74 Å². The van der Waals surface area contributed by atoms with E-state index in [-0.39, 0.29) is 5.41 Å². The van der Waals surface area contributed by atoms with Crippen molar-refractivity contribution < 1.29 is 4.74 Å². The molecule has 1 heteroatoms. The Kier molecular flexibility index (Phi) is 4.39. The molecule has 17 heavy (non-hydrogen) atoms. The van der Waals surface area contributed by atoms with Crippen molar-refractivity contribution >= 4 is 0 Å². The zero-order valence-corrected chi connectivity index (χ0v) is 11.9. The van der Waals surface area contributed by atoms with Crippen molar-refractivity contribution in [3.05, 3.63) is 41.5 Å². The molecule has 1 unspecified atom stereocenters. The maximum Gasteiger partial charge on any atom is 0.118 e. The highest BCUT2D eigenvalue weighted by Crippen LogP contribution is 2.37. The summed E-state index contributed by atoms with van der Waals surface area (Å²) < 4.78 is 5.20. The van der Waals surface area contributed by atoms with Crippen LogP contribution in [-0.2, 0) is 0 Å². The predicted octanol–water partition coefficient (Wildman–Crippen LogP) is 4.79. The minimum Gasteiger partial charge on any atom is -0.497 e. The zero-order valence-electron chi connectivity index (χ0n) is 11.9. The Balaban J connectivity index is 3.09. The normalized spacial score (nSPS) is 13.1.